The molecule has 3 heteroatoms. The molecule has 0 aliphatic rings. The summed E-state index contributed by atoms with van der Waals surface area (Å²) in [7, 11) is 1.97. The highest BCUT2D eigenvalue weighted by molar-refractivity contribution is 5.31. The number of benzene rings is 1. The number of nitrogens with two attached hydrogens (primary N) is 1. The van der Waals surface area contributed by atoms with Crippen LogP contribution in [0.1, 0.15) is 41.0 Å². The summed E-state index contributed by atoms with van der Waals surface area (Å²) in [6.07, 6.45) is 1.80. The number of nitrogens with zero attached hydrogens (tertiary/aromatic N) is 2. The first-order valence-corrected chi connectivity index (χ1v) is 6.85. The Morgan fingerprint density at radius 3 is 2.53 bits per heavy atom. The second-order valence-electron chi connectivity index (χ2n) is 5.27. The Morgan fingerprint density at radius 1 is 1.21 bits per heavy atom. The van der Waals surface area contributed by atoms with Gasteiger partial charge in [-0.05, 0) is 49.4 Å². The molecule has 1 aromatic heterocycles. The highest BCUT2D eigenvalue weighted by atomic mass is 15.3. The van der Waals surface area contributed by atoms with Gasteiger partial charge in [-0.25, -0.2) is 0 Å². The van der Waals surface area contributed by atoms with Gasteiger partial charge in [0.25, 0.3) is 0 Å². The molecular weight excluding hydrogens is 234 g/mol. The standard InChI is InChI=1S/C16H23N3/c1-5-14-10-16(19(4)18-14)15(17)9-13-7-6-11(2)12(3)8-13/h6-8,10,15H,5,9,17H2,1-4H3. The Hall–Kier alpha value is -1.61. The van der Waals surface area contributed by atoms with Crippen molar-refractivity contribution >= 4 is 0 Å². The summed E-state index contributed by atoms with van der Waals surface area (Å²) >= 11 is 0. The van der Waals surface area contributed by atoms with E-state index in [1.165, 1.54) is 16.7 Å². The van der Waals surface area contributed by atoms with Gasteiger partial charge in [-0.3, -0.25) is 4.68 Å². The van der Waals surface area contributed by atoms with Crippen LogP contribution in [0.4, 0.5) is 0 Å². The summed E-state index contributed by atoms with van der Waals surface area (Å²) in [5.74, 6) is 0. The molecule has 0 radical (unpaired) electrons. The highest BCUT2D eigenvalue weighted by Gasteiger charge is 2.13. The number of aryl methyl sites for hydroxylation is 4. The Kier molecular flexibility index (Phi) is 4.05. The molecule has 0 saturated heterocycles. The van der Waals surface area contributed by atoms with Gasteiger partial charge in [0.05, 0.1) is 17.4 Å². The van der Waals surface area contributed by atoms with Crippen LogP contribution in [-0.2, 0) is 19.9 Å². The maximum absolute atomic E-state index is 6.32. The molecule has 0 saturated carbocycles. The van der Waals surface area contributed by atoms with E-state index in [4.69, 9.17) is 5.73 Å². The third kappa shape index (κ3) is 3.04. The Labute approximate surface area is 115 Å². The lowest BCUT2D eigenvalue weighted by Crippen LogP contribution is -2.17. The molecule has 3 nitrogen and oxygen atoms in total. The van der Waals surface area contributed by atoms with Crippen LogP contribution in [0.5, 0.6) is 0 Å². The van der Waals surface area contributed by atoms with Crippen molar-refractivity contribution < 1.29 is 0 Å². The predicted octanol–water partition coefficient (Wildman–Crippen LogP) is 2.84. The number of hydrogen-bond acceptors (Lipinski definition) is 2. The van der Waals surface area contributed by atoms with Crippen molar-refractivity contribution in [2.45, 2.75) is 39.7 Å². The van der Waals surface area contributed by atoms with Gasteiger partial charge >= 0.3 is 0 Å². The van der Waals surface area contributed by atoms with Crippen molar-refractivity contribution in [2.75, 3.05) is 0 Å². The van der Waals surface area contributed by atoms with Crippen LogP contribution in [-0.4, -0.2) is 9.78 Å². The van der Waals surface area contributed by atoms with Crippen LogP contribution in [0.25, 0.3) is 0 Å². The van der Waals surface area contributed by atoms with Crippen LogP contribution in [0.3, 0.4) is 0 Å². The molecule has 19 heavy (non-hydrogen) atoms. The lowest BCUT2D eigenvalue weighted by atomic mass is 9.99. The van der Waals surface area contributed by atoms with Gasteiger partial charge in [-0.15, -0.1) is 0 Å². The zero-order valence-electron chi connectivity index (χ0n) is 12.3. The SMILES string of the molecule is CCc1cc(C(N)Cc2ccc(C)c(C)c2)n(C)n1. The molecule has 0 aliphatic heterocycles. The number of aromatic nitrogens is 2. The van der Waals surface area contributed by atoms with Crippen LogP contribution < -0.4 is 5.73 Å². The van der Waals surface area contributed by atoms with E-state index in [0.29, 0.717) is 0 Å². The summed E-state index contributed by atoms with van der Waals surface area (Å²) in [4.78, 5) is 0. The largest absolute Gasteiger partial charge is 0.322 e. The van der Waals surface area contributed by atoms with Crippen LogP contribution >= 0.6 is 0 Å². The number of hydrogen-bond donors (Lipinski definition) is 1. The second-order valence-corrected chi connectivity index (χ2v) is 5.27. The first-order valence-electron chi connectivity index (χ1n) is 6.85. The lowest BCUT2D eigenvalue weighted by molar-refractivity contribution is 0.614. The maximum atomic E-state index is 6.32. The van der Waals surface area contributed by atoms with E-state index in [2.05, 4.69) is 50.1 Å². The van der Waals surface area contributed by atoms with Crippen LogP contribution in [0, 0.1) is 13.8 Å². The zero-order chi connectivity index (χ0) is 14.0. The Balaban J connectivity index is 2.17. The molecule has 1 aromatic carbocycles. The molecule has 0 spiro atoms. The minimum Gasteiger partial charge on any atom is -0.322 e. The van der Waals surface area contributed by atoms with E-state index < -0.39 is 0 Å². The maximum Gasteiger partial charge on any atom is 0.0625 e. The normalized spacial score (nSPS) is 12.7. The average Bonchev–Trinajstić information content (AvgIpc) is 2.75. The molecular formula is C16H23N3. The van der Waals surface area contributed by atoms with Gasteiger partial charge in [-0.1, -0.05) is 25.1 Å². The molecule has 1 heterocycles. The molecule has 0 amide bonds. The Bertz CT molecular complexity index is 569. The van der Waals surface area contributed by atoms with Gasteiger partial charge in [-0.2, -0.15) is 5.10 Å². The van der Waals surface area contributed by atoms with E-state index >= 15 is 0 Å². The zero-order valence-corrected chi connectivity index (χ0v) is 12.3. The summed E-state index contributed by atoms with van der Waals surface area (Å²) in [6, 6.07) is 8.68. The fourth-order valence-electron chi connectivity index (χ4n) is 2.35. The molecule has 1 unspecified atom stereocenters. The van der Waals surface area contributed by atoms with Crippen molar-refractivity contribution in [1.29, 1.82) is 0 Å². The van der Waals surface area contributed by atoms with Crippen molar-refractivity contribution in [2.24, 2.45) is 12.8 Å². The van der Waals surface area contributed by atoms with Crippen molar-refractivity contribution in [3.8, 4) is 0 Å². The highest BCUT2D eigenvalue weighted by Crippen LogP contribution is 2.19. The molecule has 0 aliphatic carbocycles. The van der Waals surface area contributed by atoms with E-state index in [9.17, 15) is 0 Å². The fraction of sp³-hybridized carbons (Fsp3) is 0.438. The van der Waals surface area contributed by atoms with E-state index in [0.717, 1.165) is 24.2 Å². The lowest BCUT2D eigenvalue weighted by Gasteiger charge is -2.13. The summed E-state index contributed by atoms with van der Waals surface area (Å²) < 4.78 is 1.91. The first-order chi connectivity index (χ1) is 9.01. The van der Waals surface area contributed by atoms with Gasteiger partial charge < -0.3 is 5.73 Å². The van der Waals surface area contributed by atoms with Crippen molar-refractivity contribution in [1.82, 2.24) is 9.78 Å². The average molecular weight is 257 g/mol. The van der Waals surface area contributed by atoms with Gasteiger partial charge in [0, 0.05) is 7.05 Å². The minimum absolute atomic E-state index is 0.0000869. The Morgan fingerprint density at radius 2 is 1.95 bits per heavy atom. The summed E-state index contributed by atoms with van der Waals surface area (Å²) in [5.41, 5.74) is 12.5. The van der Waals surface area contributed by atoms with Gasteiger partial charge in [0.15, 0.2) is 0 Å². The van der Waals surface area contributed by atoms with Gasteiger partial charge in [0.1, 0.15) is 0 Å². The monoisotopic (exact) mass is 257 g/mol. The van der Waals surface area contributed by atoms with Crippen molar-refractivity contribution in [3.05, 3.63) is 52.3 Å². The van der Waals surface area contributed by atoms with Crippen LogP contribution in [0.2, 0.25) is 0 Å². The topological polar surface area (TPSA) is 43.8 Å². The van der Waals surface area contributed by atoms with Crippen molar-refractivity contribution in [3.63, 3.8) is 0 Å². The molecule has 102 valence electrons. The van der Waals surface area contributed by atoms with E-state index in [-0.39, 0.29) is 6.04 Å². The summed E-state index contributed by atoms with van der Waals surface area (Å²) in [6.45, 7) is 6.39. The molecule has 2 aromatic rings. The fourth-order valence-corrected chi connectivity index (χ4v) is 2.35. The third-order valence-corrected chi connectivity index (χ3v) is 3.74. The van der Waals surface area contributed by atoms with Gasteiger partial charge in [0.2, 0.25) is 0 Å². The minimum atomic E-state index is -0.0000869. The molecule has 0 bridgehead atoms. The van der Waals surface area contributed by atoms with Crippen LogP contribution in [0.15, 0.2) is 24.3 Å². The first kappa shape index (κ1) is 13.8. The van der Waals surface area contributed by atoms with E-state index in [1.54, 1.807) is 0 Å². The smallest absolute Gasteiger partial charge is 0.0625 e. The molecule has 0 fully saturated rings. The molecule has 2 rings (SSSR count). The third-order valence-electron chi connectivity index (χ3n) is 3.74. The second kappa shape index (κ2) is 5.57. The number of rotatable bonds is 4. The van der Waals surface area contributed by atoms with E-state index in [1.807, 2.05) is 11.7 Å². The molecule has 1 atom stereocenters. The quantitative estimate of drug-likeness (QED) is 0.915. The summed E-state index contributed by atoms with van der Waals surface area (Å²) in [5, 5.41) is 4.46. The molecule has 2 N–H and O–H groups in total. The predicted molar refractivity (Wildman–Crippen MR) is 79.1 cm³/mol.